The zero-order valence-corrected chi connectivity index (χ0v) is 17.4. The molecule has 0 spiro atoms. The summed E-state index contributed by atoms with van der Waals surface area (Å²) in [5.74, 6) is 2.37. The number of nitrogens with zero attached hydrogens (tertiary/aromatic N) is 2. The third-order valence-corrected chi connectivity index (χ3v) is 5.66. The maximum absolute atomic E-state index is 12.1. The lowest BCUT2D eigenvalue weighted by atomic mass is 9.80. The van der Waals surface area contributed by atoms with Gasteiger partial charge < -0.3 is 14.8 Å². The van der Waals surface area contributed by atoms with Crippen LogP contribution >= 0.6 is 0 Å². The molecule has 1 aliphatic rings. The van der Waals surface area contributed by atoms with Crippen molar-refractivity contribution in [1.29, 1.82) is 0 Å². The second kappa shape index (κ2) is 10.8. The van der Waals surface area contributed by atoms with Crippen molar-refractivity contribution >= 4 is 11.8 Å². The van der Waals surface area contributed by atoms with Gasteiger partial charge in [-0.1, -0.05) is 42.7 Å². The summed E-state index contributed by atoms with van der Waals surface area (Å²) in [5.41, 5.74) is 2.25. The van der Waals surface area contributed by atoms with Gasteiger partial charge in [0.2, 0.25) is 0 Å². The van der Waals surface area contributed by atoms with E-state index in [0.717, 1.165) is 31.4 Å². The van der Waals surface area contributed by atoms with E-state index in [0.29, 0.717) is 36.6 Å². The molecule has 1 fully saturated rings. The summed E-state index contributed by atoms with van der Waals surface area (Å²) in [6, 6.07) is 8.09. The summed E-state index contributed by atoms with van der Waals surface area (Å²) in [6.45, 7) is 3.29. The first-order chi connectivity index (χ1) is 14.1. The van der Waals surface area contributed by atoms with Crippen LogP contribution in [0.1, 0.15) is 49.7 Å². The zero-order valence-electron chi connectivity index (χ0n) is 17.4. The Morgan fingerprint density at radius 2 is 1.76 bits per heavy atom. The van der Waals surface area contributed by atoms with Crippen molar-refractivity contribution in [3.63, 3.8) is 0 Å². The predicted molar refractivity (Wildman–Crippen MR) is 113 cm³/mol. The molecule has 1 aliphatic carbocycles. The summed E-state index contributed by atoms with van der Waals surface area (Å²) >= 11 is 0. The van der Waals surface area contributed by atoms with E-state index in [1.807, 2.05) is 31.2 Å². The van der Waals surface area contributed by atoms with Crippen LogP contribution in [-0.4, -0.2) is 29.6 Å². The molecule has 1 aromatic carbocycles. The molecule has 0 amide bonds. The van der Waals surface area contributed by atoms with Crippen LogP contribution in [0.15, 0.2) is 36.7 Å². The van der Waals surface area contributed by atoms with Gasteiger partial charge in [0.05, 0.1) is 7.11 Å². The molecule has 29 heavy (non-hydrogen) atoms. The molecule has 3 rings (SSSR count). The van der Waals surface area contributed by atoms with Gasteiger partial charge in [0, 0.05) is 25.4 Å². The molecule has 156 valence electrons. The fraction of sp³-hybridized carbons (Fsp3) is 0.522. The number of rotatable bonds is 9. The van der Waals surface area contributed by atoms with Crippen LogP contribution in [0.2, 0.25) is 0 Å². The second-order valence-corrected chi connectivity index (χ2v) is 7.87. The topological polar surface area (TPSA) is 73.3 Å². The van der Waals surface area contributed by atoms with Gasteiger partial charge in [-0.05, 0) is 43.6 Å². The lowest BCUT2D eigenvalue weighted by Crippen LogP contribution is -2.22. The quantitative estimate of drug-likeness (QED) is 0.627. The van der Waals surface area contributed by atoms with Gasteiger partial charge in [0.25, 0.3) is 5.88 Å². The molecule has 0 atom stereocenters. The van der Waals surface area contributed by atoms with Gasteiger partial charge >= 0.3 is 5.97 Å². The number of esters is 1. The Hall–Kier alpha value is -2.63. The van der Waals surface area contributed by atoms with Crippen LogP contribution in [0.4, 0.5) is 5.82 Å². The van der Waals surface area contributed by atoms with Crippen LogP contribution in [0.5, 0.6) is 5.88 Å². The van der Waals surface area contributed by atoms with Gasteiger partial charge in [0.1, 0.15) is 6.61 Å². The Morgan fingerprint density at radius 3 is 2.48 bits per heavy atom. The van der Waals surface area contributed by atoms with Crippen LogP contribution in [0.25, 0.3) is 0 Å². The minimum absolute atomic E-state index is 0.0934. The summed E-state index contributed by atoms with van der Waals surface area (Å²) < 4.78 is 10.6. The highest BCUT2D eigenvalue weighted by Gasteiger charge is 2.22. The molecular weight excluding hydrogens is 366 g/mol. The SMILES string of the molecule is COc1nccnc1NCC1CCC(CCC(=O)OCc2ccc(C)cc2)CC1. The second-order valence-electron chi connectivity index (χ2n) is 7.87. The average Bonchev–Trinajstić information content (AvgIpc) is 2.76. The molecule has 0 aliphatic heterocycles. The highest BCUT2D eigenvalue weighted by Crippen LogP contribution is 2.32. The van der Waals surface area contributed by atoms with Crippen molar-refractivity contribution in [2.24, 2.45) is 11.8 Å². The fourth-order valence-corrected chi connectivity index (χ4v) is 3.80. The number of aromatic nitrogens is 2. The maximum atomic E-state index is 12.1. The van der Waals surface area contributed by atoms with Crippen molar-refractivity contribution in [1.82, 2.24) is 9.97 Å². The van der Waals surface area contributed by atoms with E-state index >= 15 is 0 Å². The van der Waals surface area contributed by atoms with Crippen LogP contribution in [-0.2, 0) is 16.1 Å². The van der Waals surface area contributed by atoms with Crippen molar-refractivity contribution in [3.8, 4) is 5.88 Å². The summed E-state index contributed by atoms with van der Waals surface area (Å²) in [7, 11) is 1.60. The minimum Gasteiger partial charge on any atom is -0.478 e. The Balaban J connectivity index is 1.31. The molecule has 6 nitrogen and oxygen atoms in total. The lowest BCUT2D eigenvalue weighted by Gasteiger charge is -2.28. The van der Waals surface area contributed by atoms with Gasteiger partial charge in [-0.3, -0.25) is 4.79 Å². The first-order valence-corrected chi connectivity index (χ1v) is 10.4. The minimum atomic E-state index is -0.0934. The lowest BCUT2D eigenvalue weighted by molar-refractivity contribution is -0.145. The van der Waals surface area contributed by atoms with E-state index in [4.69, 9.17) is 9.47 Å². The molecule has 1 aromatic heterocycles. The Kier molecular flexibility index (Phi) is 7.85. The number of benzene rings is 1. The number of ether oxygens (including phenoxy) is 2. The highest BCUT2D eigenvalue weighted by molar-refractivity contribution is 5.69. The van der Waals surface area contributed by atoms with E-state index < -0.39 is 0 Å². The first-order valence-electron chi connectivity index (χ1n) is 10.4. The molecule has 0 saturated heterocycles. The summed E-state index contributed by atoms with van der Waals surface area (Å²) in [6.07, 6.45) is 9.38. The molecule has 2 aromatic rings. The van der Waals surface area contributed by atoms with E-state index in [1.165, 1.54) is 18.4 Å². The number of methoxy groups -OCH3 is 1. The maximum Gasteiger partial charge on any atom is 0.306 e. The van der Waals surface area contributed by atoms with E-state index in [9.17, 15) is 4.79 Å². The average molecular weight is 398 g/mol. The summed E-state index contributed by atoms with van der Waals surface area (Å²) in [4.78, 5) is 20.5. The number of nitrogens with one attached hydrogen (secondary N) is 1. The molecule has 1 heterocycles. The Bertz CT molecular complexity index is 771. The van der Waals surface area contributed by atoms with Crippen molar-refractivity contribution < 1.29 is 14.3 Å². The monoisotopic (exact) mass is 397 g/mol. The van der Waals surface area contributed by atoms with E-state index in [1.54, 1.807) is 19.5 Å². The van der Waals surface area contributed by atoms with Gasteiger partial charge in [0.15, 0.2) is 5.82 Å². The number of carbonyl (C=O) groups is 1. The van der Waals surface area contributed by atoms with Crippen LogP contribution in [0, 0.1) is 18.8 Å². The molecule has 0 bridgehead atoms. The van der Waals surface area contributed by atoms with Crippen LogP contribution < -0.4 is 10.1 Å². The number of hydrogen-bond acceptors (Lipinski definition) is 6. The normalized spacial score (nSPS) is 18.8. The van der Waals surface area contributed by atoms with E-state index in [2.05, 4.69) is 15.3 Å². The van der Waals surface area contributed by atoms with Crippen LogP contribution in [0.3, 0.4) is 0 Å². The molecule has 1 N–H and O–H groups in total. The van der Waals surface area contributed by atoms with Gasteiger partial charge in [-0.25, -0.2) is 9.97 Å². The van der Waals surface area contributed by atoms with Gasteiger partial charge in [-0.15, -0.1) is 0 Å². The molecule has 0 radical (unpaired) electrons. The number of aryl methyl sites for hydroxylation is 1. The highest BCUT2D eigenvalue weighted by atomic mass is 16.5. The largest absolute Gasteiger partial charge is 0.478 e. The van der Waals surface area contributed by atoms with Gasteiger partial charge in [-0.2, -0.15) is 0 Å². The first kappa shape index (κ1) is 21.1. The smallest absolute Gasteiger partial charge is 0.306 e. The third kappa shape index (κ3) is 6.73. The molecule has 6 heteroatoms. The zero-order chi connectivity index (χ0) is 20.5. The Morgan fingerprint density at radius 1 is 1.07 bits per heavy atom. The van der Waals surface area contributed by atoms with Crippen molar-refractivity contribution in [2.45, 2.75) is 52.1 Å². The standard InChI is InChI=1S/C23H31N3O3/c1-17-3-5-20(6-4-17)16-29-21(27)12-11-18-7-9-19(10-8-18)15-26-22-23(28-2)25-14-13-24-22/h3-6,13-14,18-19H,7-12,15-16H2,1-2H3,(H,24,26). The fourth-order valence-electron chi connectivity index (χ4n) is 3.80. The number of carbonyl (C=O) groups excluding carboxylic acids is 1. The number of hydrogen-bond donors (Lipinski definition) is 1. The number of anilines is 1. The molecule has 0 unspecified atom stereocenters. The summed E-state index contributed by atoms with van der Waals surface area (Å²) in [5, 5.41) is 3.36. The predicted octanol–water partition coefficient (Wildman–Crippen LogP) is 4.54. The van der Waals surface area contributed by atoms with Crippen molar-refractivity contribution in [3.05, 3.63) is 47.8 Å². The molecule has 1 saturated carbocycles. The third-order valence-electron chi connectivity index (χ3n) is 5.66. The Labute approximate surface area is 173 Å². The molecular formula is C23H31N3O3. The van der Waals surface area contributed by atoms with Crippen molar-refractivity contribution in [2.75, 3.05) is 19.0 Å². The van der Waals surface area contributed by atoms with E-state index in [-0.39, 0.29) is 5.97 Å².